The van der Waals surface area contributed by atoms with E-state index in [0.717, 1.165) is 40.2 Å². The zero-order chi connectivity index (χ0) is 38.9. The minimum absolute atomic E-state index is 0.157. The number of hydrogen-bond donors (Lipinski definition) is 0. The third kappa shape index (κ3) is 9.27. The van der Waals surface area contributed by atoms with Gasteiger partial charge in [-0.15, -0.1) is 11.3 Å². The average molecular weight is 770 g/mol. The highest BCUT2D eigenvalue weighted by molar-refractivity contribution is 7.22. The second-order valence-corrected chi connectivity index (χ2v) is 14.3. The standard InChI is InChI=1S/C46H43NO8S/c1-3-51-38-27-34(28-39(29-38)52-4-2)46(50)54-36-19-15-32(16-20-36)44-42(40-22-21-37(30-41(40)56-44)55-45(49)33-11-7-5-8-12-33)43(48)31-13-17-35(18-14-31)53-26-25-47-23-9-6-10-24-47/h5,7-8,11-22,27-30H,3-4,6,9-10,23-26H2,1-2H3. The van der Waals surface area contributed by atoms with Gasteiger partial charge in [0.1, 0.15) is 35.4 Å². The number of nitrogens with zero attached hydrogens (tertiary/aromatic N) is 1. The van der Waals surface area contributed by atoms with Crippen LogP contribution in [0.4, 0.5) is 0 Å². The Labute approximate surface area is 330 Å². The van der Waals surface area contributed by atoms with Crippen LogP contribution in [0.3, 0.4) is 0 Å². The third-order valence-corrected chi connectivity index (χ3v) is 10.6. The second kappa shape index (κ2) is 18.1. The van der Waals surface area contributed by atoms with E-state index >= 15 is 0 Å². The Bertz CT molecular complexity index is 2270. The molecule has 1 fully saturated rings. The molecule has 0 spiro atoms. The lowest BCUT2D eigenvalue weighted by atomic mass is 9.97. The van der Waals surface area contributed by atoms with E-state index in [4.69, 9.17) is 23.7 Å². The van der Waals surface area contributed by atoms with Gasteiger partial charge in [-0.3, -0.25) is 9.69 Å². The number of carbonyl (C=O) groups excluding carboxylic acids is 3. The van der Waals surface area contributed by atoms with Crippen LogP contribution in [0.25, 0.3) is 20.5 Å². The molecule has 0 atom stereocenters. The first-order chi connectivity index (χ1) is 27.4. The minimum Gasteiger partial charge on any atom is -0.494 e. The molecule has 286 valence electrons. The van der Waals surface area contributed by atoms with Crippen molar-refractivity contribution in [3.05, 3.63) is 138 Å². The van der Waals surface area contributed by atoms with Gasteiger partial charge in [-0.05, 0) is 136 Å². The molecule has 2 heterocycles. The fourth-order valence-corrected chi connectivity index (χ4v) is 7.90. The predicted octanol–water partition coefficient (Wildman–Crippen LogP) is 9.90. The van der Waals surface area contributed by atoms with E-state index in [1.54, 1.807) is 78.9 Å². The van der Waals surface area contributed by atoms with Crippen molar-refractivity contribution >= 4 is 39.1 Å². The number of esters is 2. The van der Waals surface area contributed by atoms with E-state index in [1.807, 2.05) is 50.2 Å². The van der Waals surface area contributed by atoms with E-state index in [0.29, 0.717) is 70.8 Å². The molecular formula is C46H43NO8S. The summed E-state index contributed by atoms with van der Waals surface area (Å²) in [5.74, 6) is 1.24. The summed E-state index contributed by atoms with van der Waals surface area (Å²) < 4.78 is 29.5. The summed E-state index contributed by atoms with van der Waals surface area (Å²) in [4.78, 5) is 43.6. The second-order valence-electron chi connectivity index (χ2n) is 13.3. The fraction of sp³-hybridized carbons (Fsp3) is 0.239. The number of ketones is 1. The number of carbonyl (C=O) groups is 3. The predicted molar refractivity (Wildman–Crippen MR) is 218 cm³/mol. The maximum Gasteiger partial charge on any atom is 0.343 e. The first-order valence-electron chi connectivity index (χ1n) is 19.0. The highest BCUT2D eigenvalue weighted by Crippen LogP contribution is 2.42. The topological polar surface area (TPSA) is 101 Å². The van der Waals surface area contributed by atoms with Crippen molar-refractivity contribution in [1.82, 2.24) is 4.90 Å². The number of benzene rings is 5. The van der Waals surface area contributed by atoms with E-state index < -0.39 is 11.9 Å². The van der Waals surface area contributed by atoms with E-state index in [2.05, 4.69) is 4.90 Å². The molecule has 7 rings (SSSR count). The number of likely N-dealkylation sites (tertiary alicyclic amines) is 1. The summed E-state index contributed by atoms with van der Waals surface area (Å²) in [6.45, 7) is 8.29. The monoisotopic (exact) mass is 769 g/mol. The summed E-state index contributed by atoms with van der Waals surface area (Å²) >= 11 is 1.42. The summed E-state index contributed by atoms with van der Waals surface area (Å²) in [5, 5.41) is 0.728. The van der Waals surface area contributed by atoms with Crippen molar-refractivity contribution in [2.45, 2.75) is 33.1 Å². The van der Waals surface area contributed by atoms with E-state index in [-0.39, 0.29) is 5.78 Å². The first-order valence-corrected chi connectivity index (χ1v) is 19.8. The molecule has 5 aromatic carbocycles. The lowest BCUT2D eigenvalue weighted by Gasteiger charge is -2.26. The Morgan fingerprint density at radius 1 is 0.589 bits per heavy atom. The Kier molecular flexibility index (Phi) is 12.4. The summed E-state index contributed by atoms with van der Waals surface area (Å²) in [7, 11) is 0. The molecule has 10 heteroatoms. The van der Waals surface area contributed by atoms with Crippen molar-refractivity contribution in [3.63, 3.8) is 0 Å². The van der Waals surface area contributed by atoms with Gasteiger partial charge in [0.25, 0.3) is 0 Å². The Morgan fingerprint density at radius 3 is 1.89 bits per heavy atom. The van der Waals surface area contributed by atoms with Gasteiger partial charge in [-0.1, -0.05) is 24.6 Å². The number of thiophene rings is 1. The highest BCUT2D eigenvalue weighted by atomic mass is 32.1. The zero-order valence-electron chi connectivity index (χ0n) is 31.5. The molecule has 0 saturated carbocycles. The smallest absolute Gasteiger partial charge is 0.343 e. The van der Waals surface area contributed by atoms with Crippen LogP contribution < -0.4 is 23.7 Å². The largest absolute Gasteiger partial charge is 0.494 e. The molecule has 0 bridgehead atoms. The normalized spacial score (nSPS) is 12.9. The van der Waals surface area contributed by atoms with Gasteiger partial charge >= 0.3 is 11.9 Å². The van der Waals surface area contributed by atoms with E-state index in [9.17, 15) is 14.4 Å². The van der Waals surface area contributed by atoms with Crippen molar-refractivity contribution < 1.29 is 38.1 Å². The van der Waals surface area contributed by atoms with Gasteiger partial charge in [0.05, 0.1) is 24.3 Å². The minimum atomic E-state index is -0.561. The quantitative estimate of drug-likeness (QED) is 0.0574. The van der Waals surface area contributed by atoms with Crippen LogP contribution in [0.1, 0.15) is 69.7 Å². The molecule has 1 aliphatic heterocycles. The number of fused-ring (bicyclic) bond motifs is 1. The molecule has 1 saturated heterocycles. The van der Waals surface area contributed by atoms with Gasteiger partial charge in [0.2, 0.25) is 0 Å². The third-order valence-electron chi connectivity index (χ3n) is 9.41. The lowest BCUT2D eigenvalue weighted by Crippen LogP contribution is -2.33. The van der Waals surface area contributed by atoms with Crippen LogP contribution in [0, 0.1) is 0 Å². The Morgan fingerprint density at radius 2 is 1.21 bits per heavy atom. The van der Waals surface area contributed by atoms with Gasteiger partial charge < -0.3 is 23.7 Å². The molecule has 0 unspecified atom stereocenters. The van der Waals surface area contributed by atoms with Crippen LogP contribution >= 0.6 is 11.3 Å². The number of rotatable bonds is 15. The molecule has 6 aromatic rings. The summed E-state index contributed by atoms with van der Waals surface area (Å²) in [6.07, 6.45) is 3.75. The highest BCUT2D eigenvalue weighted by Gasteiger charge is 2.23. The maximum atomic E-state index is 14.4. The molecule has 0 aliphatic carbocycles. The molecule has 56 heavy (non-hydrogen) atoms. The fourth-order valence-electron chi connectivity index (χ4n) is 6.66. The molecule has 9 nitrogen and oxygen atoms in total. The van der Waals surface area contributed by atoms with Crippen LogP contribution in [0.5, 0.6) is 28.7 Å². The van der Waals surface area contributed by atoms with Crippen LogP contribution in [0.2, 0.25) is 0 Å². The zero-order valence-corrected chi connectivity index (χ0v) is 32.3. The Balaban J connectivity index is 1.15. The van der Waals surface area contributed by atoms with Crippen LogP contribution in [-0.2, 0) is 0 Å². The lowest BCUT2D eigenvalue weighted by molar-refractivity contribution is 0.0725. The van der Waals surface area contributed by atoms with Gasteiger partial charge in [0.15, 0.2) is 5.78 Å². The van der Waals surface area contributed by atoms with Gasteiger partial charge in [-0.25, -0.2) is 9.59 Å². The maximum absolute atomic E-state index is 14.4. The van der Waals surface area contributed by atoms with Crippen LogP contribution in [0.15, 0.2) is 115 Å². The van der Waals surface area contributed by atoms with Crippen molar-refractivity contribution in [1.29, 1.82) is 0 Å². The summed E-state index contributed by atoms with van der Waals surface area (Å²) in [5.41, 5.74) is 2.52. The molecule has 1 aromatic heterocycles. The molecular weight excluding hydrogens is 727 g/mol. The summed E-state index contributed by atoms with van der Waals surface area (Å²) in [6, 6.07) is 33.4. The van der Waals surface area contributed by atoms with Crippen molar-refractivity contribution in [2.75, 3.05) is 39.5 Å². The molecule has 0 N–H and O–H groups in total. The number of piperidine rings is 1. The first kappa shape index (κ1) is 38.3. The van der Waals surface area contributed by atoms with E-state index in [1.165, 1.54) is 30.6 Å². The van der Waals surface area contributed by atoms with Gasteiger partial charge in [-0.2, -0.15) is 0 Å². The molecule has 0 radical (unpaired) electrons. The average Bonchev–Trinajstić information content (AvgIpc) is 3.61. The van der Waals surface area contributed by atoms with Crippen molar-refractivity contribution in [3.8, 4) is 39.2 Å². The number of hydrogen-bond acceptors (Lipinski definition) is 10. The molecule has 0 amide bonds. The SMILES string of the molecule is CCOc1cc(OCC)cc(C(=O)Oc2ccc(-c3sc4cc(OC(=O)c5ccccc5)ccc4c3C(=O)c3ccc(OCCN4CCCCC4)cc3)cc2)c1. The van der Waals surface area contributed by atoms with Crippen molar-refractivity contribution in [2.24, 2.45) is 0 Å². The Hall–Kier alpha value is -5.97. The van der Waals surface area contributed by atoms with Crippen LogP contribution in [-0.4, -0.2) is 62.1 Å². The number of ether oxygens (including phenoxy) is 5. The molecule has 1 aliphatic rings. The van der Waals surface area contributed by atoms with Gasteiger partial charge in [0, 0.05) is 38.7 Å².